The molecular formula is C11H20N4OS. The Balaban J connectivity index is 1.90. The Labute approximate surface area is 105 Å². The van der Waals surface area contributed by atoms with Crippen molar-refractivity contribution in [2.75, 3.05) is 5.75 Å². The number of hydrogen-bond donors (Lipinski definition) is 2. The van der Waals surface area contributed by atoms with E-state index in [4.69, 9.17) is 5.73 Å². The molecular weight excluding hydrogens is 236 g/mol. The van der Waals surface area contributed by atoms with E-state index in [1.807, 2.05) is 6.92 Å². The van der Waals surface area contributed by atoms with Crippen LogP contribution in [0, 0.1) is 5.92 Å². The predicted octanol–water partition coefficient (Wildman–Crippen LogP) is 1.20. The summed E-state index contributed by atoms with van der Waals surface area (Å²) >= 11 is 1.58. The van der Waals surface area contributed by atoms with Crippen molar-refractivity contribution >= 4 is 11.8 Å². The molecule has 0 amide bonds. The van der Waals surface area contributed by atoms with Crippen LogP contribution in [0.5, 0.6) is 0 Å². The lowest BCUT2D eigenvalue weighted by Crippen LogP contribution is -2.31. The standard InChI is InChI=1S/C11H20N4OS/c1-2-15-10(16)13-14-11(15)17-7-9(12)8-5-3-4-6-8/h8-9H,2-7,12H2,1H3,(H,13,16). The van der Waals surface area contributed by atoms with Crippen LogP contribution < -0.4 is 11.4 Å². The average molecular weight is 256 g/mol. The summed E-state index contributed by atoms with van der Waals surface area (Å²) in [6, 6.07) is 0.222. The molecule has 17 heavy (non-hydrogen) atoms. The molecule has 0 spiro atoms. The Morgan fingerprint density at radius 1 is 1.59 bits per heavy atom. The summed E-state index contributed by atoms with van der Waals surface area (Å²) in [6.45, 7) is 2.59. The highest BCUT2D eigenvalue weighted by molar-refractivity contribution is 7.99. The summed E-state index contributed by atoms with van der Waals surface area (Å²) < 4.78 is 1.64. The van der Waals surface area contributed by atoms with Gasteiger partial charge >= 0.3 is 5.69 Å². The third-order valence-corrected chi connectivity index (χ3v) is 4.57. The van der Waals surface area contributed by atoms with E-state index < -0.39 is 0 Å². The van der Waals surface area contributed by atoms with E-state index in [0.717, 1.165) is 10.9 Å². The zero-order valence-corrected chi connectivity index (χ0v) is 11.0. The molecule has 1 aromatic heterocycles. The number of hydrogen-bond acceptors (Lipinski definition) is 4. The van der Waals surface area contributed by atoms with E-state index in [0.29, 0.717) is 12.5 Å². The topological polar surface area (TPSA) is 76.7 Å². The minimum absolute atomic E-state index is 0.135. The van der Waals surface area contributed by atoms with Crippen LogP contribution in [0.25, 0.3) is 0 Å². The lowest BCUT2D eigenvalue weighted by molar-refractivity contribution is 0.463. The quantitative estimate of drug-likeness (QED) is 0.776. The van der Waals surface area contributed by atoms with Gasteiger partial charge in [0.05, 0.1) is 0 Å². The summed E-state index contributed by atoms with van der Waals surface area (Å²) in [5.41, 5.74) is 6.04. The number of nitrogens with two attached hydrogens (primary N) is 1. The van der Waals surface area contributed by atoms with Gasteiger partial charge < -0.3 is 5.73 Å². The Bertz CT molecular complexity index is 408. The normalized spacial score (nSPS) is 18.7. The molecule has 0 aromatic carbocycles. The Morgan fingerprint density at radius 2 is 2.29 bits per heavy atom. The van der Waals surface area contributed by atoms with E-state index in [1.54, 1.807) is 16.3 Å². The van der Waals surface area contributed by atoms with Crippen LogP contribution in [0.15, 0.2) is 9.95 Å². The van der Waals surface area contributed by atoms with Crippen molar-refractivity contribution in [2.45, 2.75) is 50.4 Å². The van der Waals surface area contributed by atoms with Crippen molar-refractivity contribution in [3.05, 3.63) is 10.5 Å². The molecule has 96 valence electrons. The molecule has 3 N–H and O–H groups in total. The summed E-state index contributed by atoms with van der Waals surface area (Å²) in [4.78, 5) is 11.4. The Hall–Kier alpha value is -0.750. The highest BCUT2D eigenvalue weighted by Gasteiger charge is 2.22. The summed E-state index contributed by atoms with van der Waals surface area (Å²) in [5, 5.41) is 7.25. The number of nitrogens with one attached hydrogen (secondary N) is 1. The van der Waals surface area contributed by atoms with Gasteiger partial charge in [0.1, 0.15) is 0 Å². The minimum Gasteiger partial charge on any atom is -0.327 e. The van der Waals surface area contributed by atoms with Gasteiger partial charge in [-0.1, -0.05) is 24.6 Å². The second-order valence-corrected chi connectivity index (χ2v) is 5.56. The van der Waals surface area contributed by atoms with Crippen LogP contribution in [0.2, 0.25) is 0 Å². The summed E-state index contributed by atoms with van der Waals surface area (Å²) in [7, 11) is 0. The Kier molecular flexibility index (Phi) is 4.28. The van der Waals surface area contributed by atoms with Crippen molar-refractivity contribution in [1.82, 2.24) is 14.8 Å². The molecule has 1 heterocycles. The molecule has 5 nitrogen and oxygen atoms in total. The average Bonchev–Trinajstić information content (AvgIpc) is 2.95. The zero-order valence-electron chi connectivity index (χ0n) is 10.2. The van der Waals surface area contributed by atoms with Crippen molar-refractivity contribution in [3.8, 4) is 0 Å². The Morgan fingerprint density at radius 3 is 2.94 bits per heavy atom. The van der Waals surface area contributed by atoms with Crippen LogP contribution in [0.1, 0.15) is 32.6 Å². The smallest absolute Gasteiger partial charge is 0.327 e. The first-order valence-electron chi connectivity index (χ1n) is 6.26. The molecule has 6 heteroatoms. The van der Waals surface area contributed by atoms with Crippen LogP contribution in [0.3, 0.4) is 0 Å². The number of aromatic amines is 1. The van der Waals surface area contributed by atoms with Gasteiger partial charge in [-0.15, -0.1) is 5.10 Å². The molecule has 1 atom stereocenters. The molecule has 0 bridgehead atoms. The highest BCUT2D eigenvalue weighted by Crippen LogP contribution is 2.29. The van der Waals surface area contributed by atoms with Crippen molar-refractivity contribution in [1.29, 1.82) is 0 Å². The minimum atomic E-state index is -0.135. The summed E-state index contributed by atoms with van der Waals surface area (Å²) in [6.07, 6.45) is 5.13. The van der Waals surface area contributed by atoms with Gasteiger partial charge in [0, 0.05) is 18.3 Å². The van der Waals surface area contributed by atoms with E-state index in [9.17, 15) is 4.79 Å². The maximum Gasteiger partial charge on any atom is 0.343 e. The monoisotopic (exact) mass is 256 g/mol. The number of nitrogens with zero attached hydrogens (tertiary/aromatic N) is 2. The van der Waals surface area contributed by atoms with Gasteiger partial charge in [-0.2, -0.15) is 0 Å². The zero-order chi connectivity index (χ0) is 12.3. The molecule has 1 unspecified atom stereocenters. The molecule has 1 saturated carbocycles. The number of thioether (sulfide) groups is 1. The van der Waals surface area contributed by atoms with Crippen LogP contribution in [0.4, 0.5) is 0 Å². The van der Waals surface area contributed by atoms with Crippen molar-refractivity contribution < 1.29 is 0 Å². The largest absolute Gasteiger partial charge is 0.343 e. The highest BCUT2D eigenvalue weighted by atomic mass is 32.2. The van der Waals surface area contributed by atoms with Crippen LogP contribution in [-0.2, 0) is 6.54 Å². The number of H-pyrrole nitrogens is 1. The second-order valence-electron chi connectivity index (χ2n) is 4.57. The lowest BCUT2D eigenvalue weighted by atomic mass is 10.0. The molecule has 0 saturated heterocycles. The van der Waals surface area contributed by atoms with Gasteiger partial charge in [0.15, 0.2) is 5.16 Å². The first kappa shape index (κ1) is 12.7. The maximum absolute atomic E-state index is 11.4. The molecule has 1 aromatic rings. The van der Waals surface area contributed by atoms with Gasteiger partial charge in [-0.25, -0.2) is 9.89 Å². The van der Waals surface area contributed by atoms with Crippen molar-refractivity contribution in [2.24, 2.45) is 11.7 Å². The second kappa shape index (κ2) is 5.73. The van der Waals surface area contributed by atoms with Gasteiger partial charge in [-0.3, -0.25) is 4.57 Å². The third-order valence-electron chi connectivity index (χ3n) is 3.45. The van der Waals surface area contributed by atoms with E-state index in [2.05, 4.69) is 10.2 Å². The first-order valence-corrected chi connectivity index (χ1v) is 7.24. The summed E-state index contributed by atoms with van der Waals surface area (Å²) in [5.74, 6) is 1.50. The number of rotatable bonds is 5. The third kappa shape index (κ3) is 2.93. The SMILES string of the molecule is CCn1c(SCC(N)C2CCCC2)n[nH]c1=O. The lowest BCUT2D eigenvalue weighted by Gasteiger charge is -2.17. The van der Waals surface area contributed by atoms with Crippen molar-refractivity contribution in [3.63, 3.8) is 0 Å². The van der Waals surface area contributed by atoms with Gasteiger partial charge in [0.2, 0.25) is 0 Å². The number of aromatic nitrogens is 3. The fraction of sp³-hybridized carbons (Fsp3) is 0.818. The molecule has 1 aliphatic rings. The van der Waals surface area contributed by atoms with Crippen LogP contribution in [-0.4, -0.2) is 26.6 Å². The fourth-order valence-electron chi connectivity index (χ4n) is 2.38. The molecule has 2 rings (SSSR count). The van der Waals surface area contributed by atoms with E-state index in [1.165, 1.54) is 25.7 Å². The molecule has 1 aliphatic carbocycles. The molecule has 1 fully saturated rings. The van der Waals surface area contributed by atoms with Crippen LogP contribution >= 0.6 is 11.8 Å². The molecule has 0 aliphatic heterocycles. The van der Waals surface area contributed by atoms with E-state index >= 15 is 0 Å². The first-order chi connectivity index (χ1) is 8.22. The predicted molar refractivity (Wildman–Crippen MR) is 69.2 cm³/mol. The van der Waals surface area contributed by atoms with Gasteiger partial charge in [0.25, 0.3) is 0 Å². The van der Waals surface area contributed by atoms with Gasteiger partial charge in [-0.05, 0) is 25.7 Å². The van der Waals surface area contributed by atoms with E-state index in [-0.39, 0.29) is 11.7 Å². The molecule has 0 radical (unpaired) electrons. The fourth-order valence-corrected chi connectivity index (χ4v) is 3.48. The maximum atomic E-state index is 11.4.